The van der Waals surface area contributed by atoms with Crippen molar-refractivity contribution in [1.82, 2.24) is 19.9 Å². The molecule has 3 heterocycles. The number of aliphatic hydroxyl groups excluding tert-OH is 1. The standard InChI is InChI=1S/C19H17N5O2/c25-10-11-26-14-5-3-13(4-6-14)23-19-21-9-7-17(24-19)16-12-22-18-15(16)2-1-8-20-18/h1-9,12,25H,10-11H2,(H,20,22)(H,21,23,24). The van der Waals surface area contributed by atoms with Gasteiger partial charge in [-0.05, 0) is 42.5 Å². The number of aromatic nitrogens is 4. The number of H-pyrrole nitrogens is 1. The van der Waals surface area contributed by atoms with Gasteiger partial charge in [-0.15, -0.1) is 0 Å². The maximum absolute atomic E-state index is 8.79. The quantitative estimate of drug-likeness (QED) is 0.496. The van der Waals surface area contributed by atoms with Gasteiger partial charge in [0, 0.05) is 35.2 Å². The molecule has 0 unspecified atom stereocenters. The van der Waals surface area contributed by atoms with Crippen LogP contribution in [0, 0.1) is 0 Å². The number of fused-ring (bicyclic) bond motifs is 1. The molecule has 3 N–H and O–H groups in total. The average Bonchev–Trinajstić information content (AvgIpc) is 3.12. The van der Waals surface area contributed by atoms with Gasteiger partial charge in [0.25, 0.3) is 0 Å². The fraction of sp³-hybridized carbons (Fsp3) is 0.105. The van der Waals surface area contributed by atoms with Gasteiger partial charge in [0.1, 0.15) is 18.0 Å². The summed E-state index contributed by atoms with van der Waals surface area (Å²) in [5, 5.41) is 13.0. The van der Waals surface area contributed by atoms with Gasteiger partial charge in [0.2, 0.25) is 5.95 Å². The first-order valence-corrected chi connectivity index (χ1v) is 8.20. The van der Waals surface area contributed by atoms with Gasteiger partial charge < -0.3 is 20.1 Å². The number of nitrogens with one attached hydrogen (secondary N) is 2. The van der Waals surface area contributed by atoms with Gasteiger partial charge in [-0.1, -0.05) is 0 Å². The summed E-state index contributed by atoms with van der Waals surface area (Å²) in [6, 6.07) is 13.2. The lowest BCUT2D eigenvalue weighted by molar-refractivity contribution is 0.201. The van der Waals surface area contributed by atoms with Crippen LogP contribution in [0.1, 0.15) is 0 Å². The van der Waals surface area contributed by atoms with Gasteiger partial charge in [0.05, 0.1) is 12.3 Å². The van der Waals surface area contributed by atoms with Crippen LogP contribution in [0.5, 0.6) is 5.75 Å². The normalized spacial score (nSPS) is 10.8. The van der Waals surface area contributed by atoms with Crippen molar-refractivity contribution < 1.29 is 9.84 Å². The Kier molecular flexibility index (Phi) is 4.44. The lowest BCUT2D eigenvalue weighted by Crippen LogP contribution is -2.01. The van der Waals surface area contributed by atoms with E-state index in [1.807, 2.05) is 48.7 Å². The number of pyridine rings is 1. The number of aliphatic hydroxyl groups is 1. The molecule has 0 radical (unpaired) electrons. The van der Waals surface area contributed by atoms with Gasteiger partial charge in [0.15, 0.2) is 0 Å². The summed E-state index contributed by atoms with van der Waals surface area (Å²) in [4.78, 5) is 16.3. The van der Waals surface area contributed by atoms with E-state index in [2.05, 4.69) is 25.3 Å². The minimum absolute atomic E-state index is 0.00993. The van der Waals surface area contributed by atoms with E-state index in [1.165, 1.54) is 0 Å². The highest BCUT2D eigenvalue weighted by Gasteiger charge is 2.09. The molecular weight excluding hydrogens is 330 g/mol. The van der Waals surface area contributed by atoms with Crippen LogP contribution in [0.3, 0.4) is 0 Å². The highest BCUT2D eigenvalue weighted by Crippen LogP contribution is 2.27. The molecule has 0 aliphatic carbocycles. The number of rotatable bonds is 6. The minimum atomic E-state index is -0.00993. The molecule has 0 fully saturated rings. The van der Waals surface area contributed by atoms with Crippen LogP contribution in [-0.4, -0.2) is 38.3 Å². The molecule has 7 nitrogen and oxygen atoms in total. The monoisotopic (exact) mass is 347 g/mol. The number of nitrogens with zero attached hydrogens (tertiary/aromatic N) is 3. The average molecular weight is 347 g/mol. The molecule has 0 atom stereocenters. The Balaban J connectivity index is 1.56. The van der Waals surface area contributed by atoms with Crippen LogP contribution in [0.25, 0.3) is 22.3 Å². The van der Waals surface area contributed by atoms with Crippen molar-refractivity contribution in [2.24, 2.45) is 0 Å². The molecular formula is C19H17N5O2. The zero-order chi connectivity index (χ0) is 17.8. The Labute approximate surface area is 149 Å². The second-order valence-electron chi connectivity index (χ2n) is 5.59. The molecule has 4 aromatic rings. The summed E-state index contributed by atoms with van der Waals surface area (Å²) in [6.45, 7) is 0.265. The molecule has 0 amide bonds. The Morgan fingerprint density at radius 1 is 1.04 bits per heavy atom. The minimum Gasteiger partial charge on any atom is -0.491 e. The van der Waals surface area contributed by atoms with Crippen LogP contribution in [0.2, 0.25) is 0 Å². The van der Waals surface area contributed by atoms with E-state index >= 15 is 0 Å². The Morgan fingerprint density at radius 2 is 1.92 bits per heavy atom. The number of aromatic amines is 1. The third-order valence-corrected chi connectivity index (χ3v) is 3.85. The molecule has 26 heavy (non-hydrogen) atoms. The molecule has 0 aliphatic rings. The van der Waals surface area contributed by atoms with Crippen LogP contribution in [0.15, 0.2) is 61.1 Å². The summed E-state index contributed by atoms with van der Waals surface area (Å²) >= 11 is 0. The Hall–Kier alpha value is -3.45. The first-order chi connectivity index (χ1) is 12.8. The molecule has 130 valence electrons. The molecule has 7 heteroatoms. The predicted octanol–water partition coefficient (Wildman–Crippen LogP) is 3.13. The topological polar surface area (TPSA) is 96.0 Å². The van der Waals surface area contributed by atoms with Crippen LogP contribution in [-0.2, 0) is 0 Å². The molecule has 0 spiro atoms. The number of hydrogen-bond acceptors (Lipinski definition) is 6. The van der Waals surface area contributed by atoms with Gasteiger partial charge in [-0.2, -0.15) is 0 Å². The van der Waals surface area contributed by atoms with E-state index in [0.29, 0.717) is 11.7 Å². The molecule has 3 aromatic heterocycles. The van der Waals surface area contributed by atoms with Crippen molar-refractivity contribution in [2.75, 3.05) is 18.5 Å². The van der Waals surface area contributed by atoms with Gasteiger partial charge in [-0.3, -0.25) is 0 Å². The van der Waals surface area contributed by atoms with Crippen molar-refractivity contribution in [3.63, 3.8) is 0 Å². The van der Waals surface area contributed by atoms with Crippen LogP contribution in [0.4, 0.5) is 11.6 Å². The smallest absolute Gasteiger partial charge is 0.227 e. The summed E-state index contributed by atoms with van der Waals surface area (Å²) in [5.74, 6) is 1.20. The highest BCUT2D eigenvalue weighted by atomic mass is 16.5. The van der Waals surface area contributed by atoms with E-state index in [9.17, 15) is 0 Å². The maximum Gasteiger partial charge on any atom is 0.227 e. The zero-order valence-corrected chi connectivity index (χ0v) is 13.9. The van der Waals surface area contributed by atoms with Crippen LogP contribution < -0.4 is 10.1 Å². The van der Waals surface area contributed by atoms with E-state index in [1.54, 1.807) is 12.4 Å². The highest BCUT2D eigenvalue weighted by molar-refractivity contribution is 5.92. The lowest BCUT2D eigenvalue weighted by Gasteiger charge is -2.08. The fourth-order valence-corrected chi connectivity index (χ4v) is 2.66. The fourth-order valence-electron chi connectivity index (χ4n) is 2.66. The maximum atomic E-state index is 8.79. The number of hydrogen-bond donors (Lipinski definition) is 3. The summed E-state index contributed by atoms with van der Waals surface area (Å²) in [6.07, 6.45) is 5.37. The number of benzene rings is 1. The van der Waals surface area contributed by atoms with Crippen molar-refractivity contribution in [3.05, 3.63) is 61.1 Å². The van der Waals surface area contributed by atoms with Crippen molar-refractivity contribution >= 4 is 22.7 Å². The van der Waals surface area contributed by atoms with Crippen molar-refractivity contribution in [2.45, 2.75) is 0 Å². The van der Waals surface area contributed by atoms with E-state index in [-0.39, 0.29) is 13.2 Å². The van der Waals surface area contributed by atoms with E-state index < -0.39 is 0 Å². The first-order valence-electron chi connectivity index (χ1n) is 8.20. The van der Waals surface area contributed by atoms with Gasteiger partial charge in [-0.25, -0.2) is 15.0 Å². The molecule has 0 aliphatic heterocycles. The third-order valence-electron chi connectivity index (χ3n) is 3.85. The molecule has 4 rings (SSSR count). The Bertz CT molecular complexity index is 1010. The SMILES string of the molecule is OCCOc1ccc(Nc2nccc(-c3c[nH]c4ncccc34)n2)cc1. The summed E-state index contributed by atoms with van der Waals surface area (Å²) in [5.41, 5.74) is 3.46. The molecule has 1 aromatic carbocycles. The molecule has 0 saturated carbocycles. The molecule has 0 saturated heterocycles. The number of anilines is 2. The third kappa shape index (κ3) is 3.33. The predicted molar refractivity (Wildman–Crippen MR) is 99.4 cm³/mol. The van der Waals surface area contributed by atoms with Gasteiger partial charge >= 0.3 is 0 Å². The van der Waals surface area contributed by atoms with E-state index in [4.69, 9.17) is 9.84 Å². The zero-order valence-electron chi connectivity index (χ0n) is 13.9. The summed E-state index contributed by atoms with van der Waals surface area (Å²) < 4.78 is 5.35. The Morgan fingerprint density at radius 3 is 2.77 bits per heavy atom. The lowest BCUT2D eigenvalue weighted by atomic mass is 10.1. The van der Waals surface area contributed by atoms with Crippen LogP contribution >= 0.6 is 0 Å². The second kappa shape index (κ2) is 7.20. The first kappa shape index (κ1) is 16.0. The molecule has 0 bridgehead atoms. The second-order valence-corrected chi connectivity index (χ2v) is 5.59. The number of ether oxygens (including phenoxy) is 1. The van der Waals surface area contributed by atoms with E-state index in [0.717, 1.165) is 28.0 Å². The summed E-state index contributed by atoms with van der Waals surface area (Å²) in [7, 11) is 0. The largest absolute Gasteiger partial charge is 0.491 e. The van der Waals surface area contributed by atoms with Crippen molar-refractivity contribution in [3.8, 4) is 17.0 Å². The van der Waals surface area contributed by atoms with Crippen molar-refractivity contribution in [1.29, 1.82) is 0 Å².